The smallest absolute Gasteiger partial charge is 0.000822 e. The van der Waals surface area contributed by atoms with Crippen molar-refractivity contribution in [1.82, 2.24) is 0 Å². The molecule has 0 radical (unpaired) electrons. The molecule has 0 aliphatic heterocycles. The highest BCUT2D eigenvalue weighted by Gasteiger charge is 1.67. The van der Waals surface area contributed by atoms with Crippen molar-refractivity contribution in [3.63, 3.8) is 0 Å². The predicted octanol–water partition coefficient (Wildman–Crippen LogP) is 2.13. The molecular formula is C9H20N2. The Balaban J connectivity index is 0. The molecule has 0 bridgehead atoms. The van der Waals surface area contributed by atoms with Crippen LogP contribution in [0.25, 0.3) is 0 Å². The fourth-order valence-electron chi connectivity index (χ4n) is 0.322. The summed E-state index contributed by atoms with van der Waals surface area (Å²) in [6.45, 7) is 7.73. The van der Waals surface area contributed by atoms with Gasteiger partial charge in [0.05, 0.1) is 0 Å². The first-order chi connectivity index (χ1) is 5.04. The van der Waals surface area contributed by atoms with Crippen LogP contribution >= 0.6 is 0 Å². The van der Waals surface area contributed by atoms with Gasteiger partial charge in [-0.1, -0.05) is 19.1 Å². The number of hydrogen-bond acceptors (Lipinski definition) is 2. The molecule has 0 atom stereocenters. The molecule has 4 N–H and O–H groups in total. The Morgan fingerprint density at radius 2 is 1.55 bits per heavy atom. The molecule has 0 aliphatic rings. The molecule has 0 aliphatic carbocycles. The molecular weight excluding hydrogens is 136 g/mol. The third-order valence-electron chi connectivity index (χ3n) is 0.981. The zero-order valence-corrected chi connectivity index (χ0v) is 8.02. The molecule has 0 unspecified atom stereocenters. The third-order valence-corrected chi connectivity index (χ3v) is 0.981. The van der Waals surface area contributed by atoms with Crippen molar-refractivity contribution < 1.29 is 0 Å². The van der Waals surface area contributed by atoms with Crippen LogP contribution in [0.4, 0.5) is 0 Å². The first kappa shape index (κ1) is 12.7. The van der Waals surface area contributed by atoms with Gasteiger partial charge >= 0.3 is 0 Å². The quantitative estimate of drug-likeness (QED) is 0.611. The summed E-state index contributed by atoms with van der Waals surface area (Å²) in [5.41, 5.74) is 12.2. The summed E-state index contributed by atoms with van der Waals surface area (Å²) in [6.07, 6.45) is 4.89. The molecule has 0 aromatic carbocycles. The van der Waals surface area contributed by atoms with Gasteiger partial charge in [-0.15, -0.1) is 0 Å². The van der Waals surface area contributed by atoms with E-state index in [4.69, 9.17) is 11.5 Å². The molecule has 0 saturated carbocycles. The van der Waals surface area contributed by atoms with E-state index in [0.29, 0.717) is 0 Å². The summed E-state index contributed by atoms with van der Waals surface area (Å²) in [5, 5.41) is 0. The normalized spacial score (nSPS) is 12.0. The van der Waals surface area contributed by atoms with E-state index < -0.39 is 0 Å². The van der Waals surface area contributed by atoms with Crippen LogP contribution in [0.2, 0.25) is 0 Å². The molecule has 0 rings (SSSR count). The van der Waals surface area contributed by atoms with Crippen LogP contribution in [0.15, 0.2) is 23.5 Å². The highest BCUT2D eigenvalue weighted by atomic mass is 14.5. The third kappa shape index (κ3) is 27.3. The Morgan fingerprint density at radius 1 is 1.18 bits per heavy atom. The average molecular weight is 156 g/mol. The lowest BCUT2D eigenvalue weighted by Crippen LogP contribution is -1.87. The second-order valence-electron chi connectivity index (χ2n) is 2.39. The van der Waals surface area contributed by atoms with Gasteiger partial charge in [0.2, 0.25) is 0 Å². The van der Waals surface area contributed by atoms with Crippen LogP contribution < -0.4 is 11.5 Å². The Morgan fingerprint density at radius 3 is 1.55 bits per heavy atom. The number of nitrogens with two attached hydrogens (primary N) is 2. The number of hydrogen-bond donors (Lipinski definition) is 2. The maximum absolute atomic E-state index is 5.26. The van der Waals surface area contributed by atoms with Gasteiger partial charge < -0.3 is 11.5 Å². The molecule has 0 saturated heterocycles. The Kier molecular flexibility index (Phi) is 10.5. The van der Waals surface area contributed by atoms with Crippen molar-refractivity contribution >= 4 is 0 Å². The van der Waals surface area contributed by atoms with Crippen LogP contribution in [-0.2, 0) is 0 Å². The van der Waals surface area contributed by atoms with Crippen LogP contribution in [0.5, 0.6) is 0 Å². The first-order valence-electron chi connectivity index (χ1n) is 3.85. The molecule has 2 heteroatoms. The zero-order valence-electron chi connectivity index (χ0n) is 8.02. The lowest BCUT2D eigenvalue weighted by molar-refractivity contribution is 1.16. The van der Waals surface area contributed by atoms with E-state index in [1.165, 1.54) is 0 Å². The van der Waals surface area contributed by atoms with Crippen molar-refractivity contribution in [3.8, 4) is 0 Å². The van der Waals surface area contributed by atoms with Gasteiger partial charge in [0.15, 0.2) is 0 Å². The zero-order chi connectivity index (χ0) is 9.28. The molecule has 0 aromatic rings. The van der Waals surface area contributed by atoms with Crippen molar-refractivity contribution in [2.24, 2.45) is 11.5 Å². The fraction of sp³-hybridized carbons (Fsp3) is 0.556. The second kappa shape index (κ2) is 9.08. The van der Waals surface area contributed by atoms with E-state index in [-0.39, 0.29) is 0 Å². The maximum atomic E-state index is 5.26. The van der Waals surface area contributed by atoms with Gasteiger partial charge in [-0.25, -0.2) is 0 Å². The molecule has 0 fully saturated rings. The predicted molar refractivity (Wildman–Crippen MR) is 51.9 cm³/mol. The maximum Gasteiger partial charge on any atom is 0.000822 e. The molecule has 11 heavy (non-hydrogen) atoms. The average Bonchev–Trinajstić information content (AvgIpc) is 1.89. The SMILES string of the molecule is CC=C(C)N.CCC=C(C)N. The minimum absolute atomic E-state index is 0.880. The van der Waals surface area contributed by atoms with Crippen molar-refractivity contribution in [3.05, 3.63) is 23.5 Å². The summed E-state index contributed by atoms with van der Waals surface area (Å²) in [5.74, 6) is 0. The van der Waals surface area contributed by atoms with Crippen LogP contribution in [-0.4, -0.2) is 0 Å². The lowest BCUT2D eigenvalue weighted by atomic mass is 10.4. The lowest BCUT2D eigenvalue weighted by Gasteiger charge is -1.81. The van der Waals surface area contributed by atoms with Gasteiger partial charge in [0.25, 0.3) is 0 Å². The number of allylic oxidation sites excluding steroid dienone is 4. The summed E-state index contributed by atoms with van der Waals surface area (Å²) in [6, 6.07) is 0. The molecule has 0 heterocycles. The van der Waals surface area contributed by atoms with Gasteiger partial charge in [-0.2, -0.15) is 0 Å². The van der Waals surface area contributed by atoms with Gasteiger partial charge in [-0.05, 0) is 27.2 Å². The largest absolute Gasteiger partial charge is 0.403 e. The van der Waals surface area contributed by atoms with Crippen molar-refractivity contribution in [2.45, 2.75) is 34.1 Å². The molecule has 0 amide bonds. The van der Waals surface area contributed by atoms with E-state index in [1.807, 2.05) is 32.9 Å². The molecule has 0 spiro atoms. The van der Waals surface area contributed by atoms with Crippen molar-refractivity contribution in [2.75, 3.05) is 0 Å². The van der Waals surface area contributed by atoms with E-state index in [9.17, 15) is 0 Å². The van der Waals surface area contributed by atoms with Crippen LogP contribution in [0.1, 0.15) is 34.1 Å². The summed E-state index contributed by atoms with van der Waals surface area (Å²) < 4.78 is 0. The van der Waals surface area contributed by atoms with Gasteiger partial charge in [-0.3, -0.25) is 0 Å². The fourth-order valence-corrected chi connectivity index (χ4v) is 0.322. The highest BCUT2D eigenvalue weighted by Crippen LogP contribution is 1.81. The van der Waals surface area contributed by atoms with Crippen LogP contribution in [0, 0.1) is 0 Å². The van der Waals surface area contributed by atoms with E-state index >= 15 is 0 Å². The van der Waals surface area contributed by atoms with E-state index in [2.05, 4.69) is 6.92 Å². The Hall–Kier alpha value is -0.920. The van der Waals surface area contributed by atoms with E-state index in [0.717, 1.165) is 17.8 Å². The minimum atomic E-state index is 0.880. The molecule has 2 nitrogen and oxygen atoms in total. The second-order valence-corrected chi connectivity index (χ2v) is 2.39. The highest BCUT2D eigenvalue weighted by molar-refractivity contribution is 4.89. The molecule has 0 aromatic heterocycles. The van der Waals surface area contributed by atoms with E-state index in [1.54, 1.807) is 0 Å². The Bertz CT molecular complexity index is 126. The molecule has 66 valence electrons. The monoisotopic (exact) mass is 156 g/mol. The Labute approximate surface area is 70.0 Å². The van der Waals surface area contributed by atoms with Crippen LogP contribution in [0.3, 0.4) is 0 Å². The standard InChI is InChI=1S/C5H11N.C4H9N/c1-3-4-5(2)6;1-3-4(2)5/h4H,3,6H2,1-2H3;3H,5H2,1-2H3. The summed E-state index contributed by atoms with van der Waals surface area (Å²) in [7, 11) is 0. The summed E-state index contributed by atoms with van der Waals surface area (Å²) in [4.78, 5) is 0. The summed E-state index contributed by atoms with van der Waals surface area (Å²) >= 11 is 0. The first-order valence-corrected chi connectivity index (χ1v) is 3.85. The minimum Gasteiger partial charge on any atom is -0.403 e. The van der Waals surface area contributed by atoms with Crippen molar-refractivity contribution in [1.29, 1.82) is 0 Å². The van der Waals surface area contributed by atoms with Gasteiger partial charge in [0.1, 0.15) is 0 Å². The number of rotatable bonds is 1. The topological polar surface area (TPSA) is 52.0 Å². The van der Waals surface area contributed by atoms with Gasteiger partial charge in [0, 0.05) is 11.4 Å².